The Hall–Kier alpha value is -2.47. The third-order valence-corrected chi connectivity index (χ3v) is 5.64. The Bertz CT molecular complexity index is 865. The summed E-state index contributed by atoms with van der Waals surface area (Å²) in [6.45, 7) is 3.41. The summed E-state index contributed by atoms with van der Waals surface area (Å²) >= 11 is 0. The molecule has 0 aliphatic carbocycles. The molecule has 1 fully saturated rings. The maximum atomic E-state index is 10.6. The van der Waals surface area contributed by atoms with Gasteiger partial charge >= 0.3 is 0 Å². The number of hydrogen-bond donors (Lipinski definition) is 2. The van der Waals surface area contributed by atoms with Crippen LogP contribution in [-0.2, 0) is 13.6 Å². The second kappa shape index (κ2) is 8.69. The number of nitrogens with zero attached hydrogens (tertiary/aromatic N) is 3. The number of benzene rings is 2. The van der Waals surface area contributed by atoms with Gasteiger partial charge in [0.15, 0.2) is 0 Å². The minimum atomic E-state index is -0.503. The zero-order valence-corrected chi connectivity index (χ0v) is 16.3. The Morgan fingerprint density at radius 2 is 1.75 bits per heavy atom. The first-order chi connectivity index (χ1) is 13.7. The van der Waals surface area contributed by atoms with Gasteiger partial charge in [-0.05, 0) is 17.2 Å². The summed E-state index contributed by atoms with van der Waals surface area (Å²) in [4.78, 5) is 2.49. The van der Waals surface area contributed by atoms with E-state index >= 15 is 0 Å². The number of aliphatic hydroxyl groups is 1. The van der Waals surface area contributed by atoms with E-state index < -0.39 is 6.10 Å². The van der Waals surface area contributed by atoms with Gasteiger partial charge < -0.3 is 10.4 Å². The number of hydrogen-bond acceptors (Lipinski definition) is 4. The fourth-order valence-corrected chi connectivity index (χ4v) is 4.17. The topological polar surface area (TPSA) is 53.3 Å². The van der Waals surface area contributed by atoms with Crippen molar-refractivity contribution in [3.63, 3.8) is 0 Å². The van der Waals surface area contributed by atoms with E-state index in [1.807, 2.05) is 48.3 Å². The van der Waals surface area contributed by atoms with Crippen LogP contribution in [-0.4, -0.2) is 45.5 Å². The Kier molecular flexibility index (Phi) is 5.86. The molecule has 5 heteroatoms. The lowest BCUT2D eigenvalue weighted by Gasteiger charge is -2.22. The summed E-state index contributed by atoms with van der Waals surface area (Å²) in [5.74, 6) is 0.346. The maximum absolute atomic E-state index is 10.6. The van der Waals surface area contributed by atoms with Crippen molar-refractivity contribution in [1.29, 1.82) is 0 Å². The molecule has 0 spiro atoms. The van der Waals surface area contributed by atoms with Crippen LogP contribution >= 0.6 is 0 Å². The van der Waals surface area contributed by atoms with Crippen molar-refractivity contribution in [2.75, 3.05) is 19.6 Å². The van der Waals surface area contributed by atoms with E-state index in [4.69, 9.17) is 0 Å². The minimum absolute atomic E-state index is 0.275. The summed E-state index contributed by atoms with van der Waals surface area (Å²) in [6, 6.07) is 22.8. The smallest absolute Gasteiger partial charge is 0.0914 e. The molecular weight excluding hydrogens is 348 g/mol. The van der Waals surface area contributed by atoms with Crippen LogP contribution in [0.25, 0.3) is 0 Å². The first-order valence-corrected chi connectivity index (χ1v) is 9.91. The van der Waals surface area contributed by atoms with Crippen LogP contribution in [0.1, 0.15) is 28.8 Å². The fourth-order valence-electron chi connectivity index (χ4n) is 4.17. The molecule has 146 valence electrons. The average Bonchev–Trinajstić information content (AvgIpc) is 3.33. The predicted octanol–water partition coefficient (Wildman–Crippen LogP) is 2.71. The Morgan fingerprint density at radius 3 is 2.43 bits per heavy atom. The van der Waals surface area contributed by atoms with E-state index in [1.165, 1.54) is 11.3 Å². The lowest BCUT2D eigenvalue weighted by atomic mass is 9.99. The summed E-state index contributed by atoms with van der Waals surface area (Å²) < 4.78 is 1.97. The van der Waals surface area contributed by atoms with Gasteiger partial charge in [0.25, 0.3) is 0 Å². The number of aromatic nitrogens is 2. The summed E-state index contributed by atoms with van der Waals surface area (Å²) in [7, 11) is 2.01. The summed E-state index contributed by atoms with van der Waals surface area (Å²) in [5.41, 5.74) is 3.52. The van der Waals surface area contributed by atoms with E-state index in [-0.39, 0.29) is 6.04 Å². The predicted molar refractivity (Wildman–Crippen MR) is 111 cm³/mol. The third kappa shape index (κ3) is 4.33. The number of nitrogens with one attached hydrogen (secondary N) is 1. The van der Waals surface area contributed by atoms with Crippen molar-refractivity contribution < 1.29 is 5.11 Å². The number of aliphatic hydroxyl groups excluding tert-OH is 1. The molecule has 1 saturated heterocycles. The lowest BCUT2D eigenvalue weighted by Crippen LogP contribution is -2.38. The number of aryl methyl sites for hydroxylation is 1. The molecule has 0 radical (unpaired) electrons. The zero-order chi connectivity index (χ0) is 19.3. The molecule has 4 rings (SSSR count). The monoisotopic (exact) mass is 376 g/mol. The average molecular weight is 377 g/mol. The van der Waals surface area contributed by atoms with Crippen LogP contribution in [0.5, 0.6) is 0 Å². The van der Waals surface area contributed by atoms with Crippen LogP contribution in [0.3, 0.4) is 0 Å². The zero-order valence-electron chi connectivity index (χ0n) is 16.3. The molecule has 1 aliphatic heterocycles. The Morgan fingerprint density at radius 1 is 1.04 bits per heavy atom. The van der Waals surface area contributed by atoms with Crippen molar-refractivity contribution in [3.05, 3.63) is 89.7 Å². The van der Waals surface area contributed by atoms with Gasteiger partial charge in [-0.1, -0.05) is 60.7 Å². The van der Waals surface area contributed by atoms with Gasteiger partial charge in [-0.25, -0.2) is 0 Å². The third-order valence-electron chi connectivity index (χ3n) is 5.64. The van der Waals surface area contributed by atoms with Crippen molar-refractivity contribution in [1.82, 2.24) is 20.0 Å². The molecular formula is C23H28N4O. The molecule has 3 aromatic rings. The van der Waals surface area contributed by atoms with Crippen LogP contribution in [0.15, 0.2) is 72.9 Å². The first-order valence-electron chi connectivity index (χ1n) is 9.91. The van der Waals surface area contributed by atoms with E-state index in [9.17, 15) is 5.11 Å². The van der Waals surface area contributed by atoms with Crippen LogP contribution < -0.4 is 5.32 Å². The van der Waals surface area contributed by atoms with Crippen molar-refractivity contribution in [2.45, 2.75) is 24.6 Å². The second-order valence-electron chi connectivity index (χ2n) is 7.61. The molecule has 0 saturated carbocycles. The first kappa shape index (κ1) is 18.9. The number of likely N-dealkylation sites (tertiary alicyclic amines) is 1. The van der Waals surface area contributed by atoms with Crippen molar-refractivity contribution in [2.24, 2.45) is 7.05 Å². The van der Waals surface area contributed by atoms with Crippen LogP contribution in [0, 0.1) is 0 Å². The van der Waals surface area contributed by atoms with Gasteiger partial charge in [-0.2, -0.15) is 5.10 Å². The highest BCUT2D eigenvalue weighted by atomic mass is 16.3. The molecule has 0 amide bonds. The van der Waals surface area contributed by atoms with Crippen molar-refractivity contribution in [3.8, 4) is 0 Å². The van der Waals surface area contributed by atoms with Crippen molar-refractivity contribution >= 4 is 0 Å². The van der Waals surface area contributed by atoms with Gasteiger partial charge in [0.2, 0.25) is 0 Å². The molecule has 1 aliphatic rings. The van der Waals surface area contributed by atoms with Gasteiger partial charge in [-0.3, -0.25) is 9.58 Å². The molecule has 3 atom stereocenters. The summed E-state index contributed by atoms with van der Waals surface area (Å²) in [6.07, 6.45) is 1.36. The highest BCUT2D eigenvalue weighted by molar-refractivity contribution is 5.20. The highest BCUT2D eigenvalue weighted by Crippen LogP contribution is 2.29. The molecule has 2 N–H and O–H groups in total. The largest absolute Gasteiger partial charge is 0.387 e. The van der Waals surface area contributed by atoms with Gasteiger partial charge in [0, 0.05) is 57.1 Å². The van der Waals surface area contributed by atoms with E-state index in [0.29, 0.717) is 12.5 Å². The fraction of sp³-hybridized carbons (Fsp3) is 0.348. The molecule has 5 nitrogen and oxygen atoms in total. The highest BCUT2D eigenvalue weighted by Gasteiger charge is 2.35. The van der Waals surface area contributed by atoms with Gasteiger partial charge in [-0.15, -0.1) is 0 Å². The Balaban J connectivity index is 1.45. The van der Waals surface area contributed by atoms with Crippen LogP contribution in [0.2, 0.25) is 0 Å². The molecule has 2 heterocycles. The quantitative estimate of drug-likeness (QED) is 0.666. The maximum Gasteiger partial charge on any atom is 0.0914 e. The Labute approximate surface area is 166 Å². The second-order valence-corrected chi connectivity index (χ2v) is 7.61. The standard InChI is InChI=1S/C23H28N4O/c1-26-22(12-13-25-26)20-16-27(15-18-8-4-2-5-9-18)17-21(20)24-14-23(28)19-10-6-3-7-11-19/h2-13,20-21,23-24,28H,14-17H2,1H3/t20-,21-,23?/m1/s1. The van der Waals surface area contributed by atoms with E-state index in [2.05, 4.69) is 51.7 Å². The van der Waals surface area contributed by atoms with Gasteiger partial charge in [0.05, 0.1) is 6.10 Å². The molecule has 1 unspecified atom stereocenters. The lowest BCUT2D eigenvalue weighted by molar-refractivity contribution is 0.168. The summed E-state index contributed by atoms with van der Waals surface area (Å²) in [5, 5.41) is 18.6. The SMILES string of the molecule is Cn1nccc1[C@@H]1CN(Cc2ccccc2)C[C@H]1NCC(O)c1ccccc1. The van der Waals surface area contributed by atoms with E-state index in [1.54, 1.807) is 0 Å². The molecule has 0 bridgehead atoms. The molecule has 28 heavy (non-hydrogen) atoms. The molecule has 1 aromatic heterocycles. The van der Waals surface area contributed by atoms with Crippen LogP contribution in [0.4, 0.5) is 0 Å². The molecule has 2 aromatic carbocycles. The minimum Gasteiger partial charge on any atom is -0.387 e. The van der Waals surface area contributed by atoms with Gasteiger partial charge in [0.1, 0.15) is 0 Å². The number of rotatable bonds is 7. The normalized spacial score (nSPS) is 21.1. The van der Waals surface area contributed by atoms with E-state index in [0.717, 1.165) is 25.2 Å².